The van der Waals surface area contributed by atoms with Crippen LogP contribution in [0, 0.1) is 0 Å². The predicted molar refractivity (Wildman–Crippen MR) is 84.3 cm³/mol. The molecule has 118 valence electrons. The fraction of sp³-hybridized carbons (Fsp3) is 0.615. The Hall–Kier alpha value is -1.41. The molecule has 21 heavy (non-hydrogen) atoms. The van der Waals surface area contributed by atoms with Crippen LogP contribution < -0.4 is 16.2 Å². The molecule has 0 radical (unpaired) electrons. The van der Waals surface area contributed by atoms with Crippen molar-refractivity contribution >= 4 is 27.5 Å². The summed E-state index contributed by atoms with van der Waals surface area (Å²) >= 11 is 3.20. The van der Waals surface area contributed by atoms with Crippen molar-refractivity contribution in [3.63, 3.8) is 0 Å². The Bertz CT molecular complexity index is 533. The first kappa shape index (κ1) is 17.6. The lowest BCUT2D eigenvalue weighted by molar-refractivity contribution is -0.121. The highest BCUT2D eigenvalue weighted by molar-refractivity contribution is 9.10. The molecule has 1 unspecified atom stereocenters. The highest BCUT2D eigenvalue weighted by Gasteiger charge is 2.09. The summed E-state index contributed by atoms with van der Waals surface area (Å²) < 4.78 is 1.51. The molecule has 0 aromatic carbocycles. The van der Waals surface area contributed by atoms with Crippen LogP contribution in [0.15, 0.2) is 15.5 Å². The van der Waals surface area contributed by atoms with E-state index in [2.05, 4.69) is 31.7 Å². The van der Waals surface area contributed by atoms with Gasteiger partial charge in [-0.15, -0.1) is 0 Å². The molecule has 0 fully saturated rings. The third-order valence-corrected chi connectivity index (χ3v) is 3.75. The van der Waals surface area contributed by atoms with Crippen molar-refractivity contribution in [1.29, 1.82) is 0 Å². The average Bonchev–Trinajstić information content (AvgIpc) is 2.46. The number of anilines is 1. The summed E-state index contributed by atoms with van der Waals surface area (Å²) in [5.74, 6) is -0.0328. The molecule has 0 saturated carbocycles. The Morgan fingerprint density at radius 1 is 1.57 bits per heavy atom. The third-order valence-electron chi connectivity index (χ3n) is 2.98. The van der Waals surface area contributed by atoms with Crippen molar-refractivity contribution in [3.8, 4) is 0 Å². The number of aliphatic hydroxyl groups excluding tert-OH is 1. The Morgan fingerprint density at radius 3 is 2.90 bits per heavy atom. The summed E-state index contributed by atoms with van der Waals surface area (Å²) in [4.78, 5) is 23.5. The molecule has 1 aromatic rings. The quantitative estimate of drug-likeness (QED) is 0.634. The van der Waals surface area contributed by atoms with Gasteiger partial charge in [-0.25, -0.2) is 4.68 Å². The van der Waals surface area contributed by atoms with Crippen LogP contribution in [0.5, 0.6) is 0 Å². The second-order valence-corrected chi connectivity index (χ2v) is 5.47. The van der Waals surface area contributed by atoms with Crippen LogP contribution in [0.1, 0.15) is 26.7 Å². The normalized spacial score (nSPS) is 12.0. The minimum Gasteiger partial charge on any atom is -0.394 e. The topological polar surface area (TPSA) is 96.2 Å². The lowest BCUT2D eigenvalue weighted by Gasteiger charge is -2.12. The predicted octanol–water partition coefficient (Wildman–Crippen LogP) is 0.715. The first-order chi connectivity index (χ1) is 9.99. The monoisotopic (exact) mass is 360 g/mol. The smallest absolute Gasteiger partial charge is 0.283 e. The number of carbonyl (C=O) groups is 1. The summed E-state index contributed by atoms with van der Waals surface area (Å²) in [7, 11) is 0. The van der Waals surface area contributed by atoms with Gasteiger partial charge < -0.3 is 15.7 Å². The molecule has 0 aliphatic heterocycles. The number of hydrogen-bond acceptors (Lipinski definition) is 5. The fourth-order valence-corrected chi connectivity index (χ4v) is 2.05. The van der Waals surface area contributed by atoms with Gasteiger partial charge in [-0.1, -0.05) is 6.92 Å². The molecule has 1 atom stereocenters. The number of nitrogens with zero attached hydrogens (tertiary/aromatic N) is 2. The zero-order valence-corrected chi connectivity index (χ0v) is 13.8. The molecule has 0 spiro atoms. The molecule has 1 amide bonds. The van der Waals surface area contributed by atoms with Crippen LogP contribution in [0.4, 0.5) is 5.69 Å². The van der Waals surface area contributed by atoms with Crippen molar-refractivity contribution < 1.29 is 9.90 Å². The number of amides is 1. The van der Waals surface area contributed by atoms with Gasteiger partial charge in [0, 0.05) is 19.0 Å². The van der Waals surface area contributed by atoms with Crippen LogP contribution in [0.3, 0.4) is 0 Å². The number of carbonyl (C=O) groups excluding carboxylic acids is 1. The van der Waals surface area contributed by atoms with E-state index in [1.165, 1.54) is 10.9 Å². The van der Waals surface area contributed by atoms with Crippen LogP contribution in [-0.2, 0) is 11.3 Å². The molecular formula is C13H21BrN4O3. The summed E-state index contributed by atoms with van der Waals surface area (Å²) in [6.45, 7) is 4.36. The molecule has 3 N–H and O–H groups in total. The maximum atomic E-state index is 11.9. The van der Waals surface area contributed by atoms with Gasteiger partial charge in [0.25, 0.3) is 5.56 Å². The number of nitrogens with one attached hydrogen (secondary N) is 2. The van der Waals surface area contributed by atoms with Crippen LogP contribution in [0.2, 0.25) is 0 Å². The van der Waals surface area contributed by atoms with Gasteiger partial charge in [0.15, 0.2) is 0 Å². The number of aromatic nitrogens is 2. The first-order valence-corrected chi connectivity index (χ1v) is 7.68. The SMILES string of the molecule is CCC(C)NC(=O)CCNc1cnn(CCO)c(=O)c1Br. The Balaban J connectivity index is 2.55. The summed E-state index contributed by atoms with van der Waals surface area (Å²) in [5.41, 5.74) is 0.212. The standard InChI is InChI=1S/C13H21BrN4O3/c1-3-9(2)17-11(20)4-5-15-10-8-16-18(6-7-19)13(21)12(10)14/h8-9,15,19H,3-7H2,1-2H3,(H,17,20). The molecule has 8 heteroatoms. The second kappa shape index (κ2) is 8.78. The van der Waals surface area contributed by atoms with E-state index in [0.29, 0.717) is 23.1 Å². The van der Waals surface area contributed by atoms with E-state index in [1.807, 2.05) is 13.8 Å². The molecule has 1 aromatic heterocycles. The van der Waals surface area contributed by atoms with Crippen LogP contribution >= 0.6 is 15.9 Å². The molecule has 0 bridgehead atoms. The van der Waals surface area contributed by atoms with E-state index in [-0.39, 0.29) is 30.7 Å². The Kier molecular flexibility index (Phi) is 7.38. The van der Waals surface area contributed by atoms with E-state index in [0.717, 1.165) is 6.42 Å². The Labute approximate surface area is 131 Å². The van der Waals surface area contributed by atoms with Gasteiger partial charge in [0.1, 0.15) is 4.47 Å². The molecule has 0 aliphatic carbocycles. The molecular weight excluding hydrogens is 340 g/mol. The first-order valence-electron chi connectivity index (χ1n) is 6.89. The molecule has 0 saturated heterocycles. The molecule has 0 aliphatic rings. The third kappa shape index (κ3) is 5.47. The summed E-state index contributed by atoms with van der Waals surface area (Å²) in [6, 6.07) is 0.160. The van der Waals surface area contributed by atoms with Crippen molar-refractivity contribution in [3.05, 3.63) is 21.0 Å². The van der Waals surface area contributed by atoms with E-state index >= 15 is 0 Å². The van der Waals surface area contributed by atoms with E-state index in [1.54, 1.807) is 0 Å². The minimum absolute atomic E-state index is 0.0328. The minimum atomic E-state index is -0.321. The van der Waals surface area contributed by atoms with Crippen LogP contribution in [-0.4, -0.2) is 40.0 Å². The fourth-order valence-electron chi connectivity index (χ4n) is 1.60. The number of rotatable bonds is 8. The average molecular weight is 361 g/mol. The summed E-state index contributed by atoms with van der Waals surface area (Å²) in [6.07, 6.45) is 2.70. The van der Waals surface area contributed by atoms with Gasteiger partial charge >= 0.3 is 0 Å². The lowest BCUT2D eigenvalue weighted by atomic mass is 10.2. The van der Waals surface area contributed by atoms with Crippen molar-refractivity contribution in [2.75, 3.05) is 18.5 Å². The maximum absolute atomic E-state index is 11.9. The number of hydrogen-bond donors (Lipinski definition) is 3. The maximum Gasteiger partial charge on any atom is 0.283 e. The highest BCUT2D eigenvalue weighted by atomic mass is 79.9. The zero-order chi connectivity index (χ0) is 15.8. The van der Waals surface area contributed by atoms with Gasteiger partial charge in [-0.2, -0.15) is 5.10 Å². The van der Waals surface area contributed by atoms with Crippen LogP contribution in [0.25, 0.3) is 0 Å². The van der Waals surface area contributed by atoms with E-state index < -0.39 is 0 Å². The van der Waals surface area contributed by atoms with E-state index in [4.69, 9.17) is 5.11 Å². The highest BCUT2D eigenvalue weighted by Crippen LogP contribution is 2.15. The van der Waals surface area contributed by atoms with Gasteiger partial charge in [0.05, 0.1) is 25.0 Å². The number of halogens is 1. The van der Waals surface area contributed by atoms with Gasteiger partial charge in [0.2, 0.25) is 5.91 Å². The van der Waals surface area contributed by atoms with Crippen molar-refractivity contribution in [2.45, 2.75) is 39.3 Å². The molecule has 7 nitrogen and oxygen atoms in total. The summed E-state index contributed by atoms with van der Waals surface area (Å²) in [5, 5.41) is 18.6. The Morgan fingerprint density at radius 2 is 2.29 bits per heavy atom. The molecule has 1 heterocycles. The largest absolute Gasteiger partial charge is 0.394 e. The second-order valence-electron chi connectivity index (χ2n) is 4.68. The van der Waals surface area contributed by atoms with E-state index in [9.17, 15) is 9.59 Å². The lowest BCUT2D eigenvalue weighted by Crippen LogP contribution is -2.33. The van der Waals surface area contributed by atoms with Crippen molar-refractivity contribution in [2.24, 2.45) is 0 Å². The number of aliphatic hydroxyl groups is 1. The molecule has 1 rings (SSSR count). The van der Waals surface area contributed by atoms with Gasteiger partial charge in [-0.05, 0) is 29.3 Å². The van der Waals surface area contributed by atoms with Gasteiger partial charge in [-0.3, -0.25) is 9.59 Å². The van der Waals surface area contributed by atoms with Crippen molar-refractivity contribution in [1.82, 2.24) is 15.1 Å². The zero-order valence-electron chi connectivity index (χ0n) is 12.2.